The molecule has 0 aliphatic carbocycles. The zero-order valence-corrected chi connectivity index (χ0v) is 20.0. The molecule has 0 saturated heterocycles. The van der Waals surface area contributed by atoms with E-state index in [9.17, 15) is 9.59 Å². The predicted octanol–water partition coefficient (Wildman–Crippen LogP) is 6.57. The number of fused-ring (bicyclic) bond motifs is 1. The van der Waals surface area contributed by atoms with Crippen LogP contribution in [0.2, 0.25) is 0 Å². The maximum absolute atomic E-state index is 12.9. The Labute approximate surface area is 181 Å². The molecule has 6 nitrogen and oxygen atoms in total. The van der Waals surface area contributed by atoms with Gasteiger partial charge in [0.25, 0.3) is 0 Å². The van der Waals surface area contributed by atoms with Crippen LogP contribution in [0.25, 0.3) is 10.8 Å². The molecule has 2 amide bonds. The predicted molar refractivity (Wildman–Crippen MR) is 117 cm³/mol. The minimum absolute atomic E-state index is 0.155. The van der Waals surface area contributed by atoms with Crippen molar-refractivity contribution in [3.63, 3.8) is 0 Å². The smallest absolute Gasteiger partial charge is 0.425 e. The molecule has 152 valence electrons. The number of aromatic nitrogens is 1. The van der Waals surface area contributed by atoms with Crippen molar-refractivity contribution >= 4 is 60.6 Å². The number of carbonyl (C=O) groups excluding carboxylic acids is 2. The van der Waals surface area contributed by atoms with Gasteiger partial charge in [-0.25, -0.2) is 14.6 Å². The number of halogens is 2. The van der Waals surface area contributed by atoms with Crippen molar-refractivity contribution in [1.82, 2.24) is 4.98 Å². The largest absolute Gasteiger partial charge is 0.443 e. The topological polar surface area (TPSA) is 68.7 Å². The van der Waals surface area contributed by atoms with Crippen molar-refractivity contribution in [3.8, 4) is 0 Å². The molecule has 0 spiro atoms. The van der Waals surface area contributed by atoms with Gasteiger partial charge in [0.05, 0.1) is 0 Å². The average molecular weight is 516 g/mol. The number of benzene rings is 1. The Morgan fingerprint density at radius 2 is 1.54 bits per heavy atom. The highest BCUT2D eigenvalue weighted by Crippen LogP contribution is 2.33. The van der Waals surface area contributed by atoms with E-state index in [-0.39, 0.29) is 5.82 Å². The average Bonchev–Trinajstić information content (AvgIpc) is 2.53. The van der Waals surface area contributed by atoms with E-state index in [1.165, 1.54) is 0 Å². The van der Waals surface area contributed by atoms with E-state index in [0.29, 0.717) is 10.7 Å². The third-order valence-electron chi connectivity index (χ3n) is 3.40. The first-order chi connectivity index (χ1) is 12.8. The van der Waals surface area contributed by atoms with E-state index in [1.54, 1.807) is 47.7 Å². The van der Waals surface area contributed by atoms with Crippen molar-refractivity contribution in [2.45, 2.75) is 58.1 Å². The zero-order chi connectivity index (χ0) is 21.3. The molecule has 0 bridgehead atoms. The SMILES string of the molecule is CC(C)(C)OC(=O)N(C(=O)OC(C)(C)C)c1ncc(Br)c2cc(CBr)ccc12. The van der Waals surface area contributed by atoms with Crippen LogP contribution in [0.4, 0.5) is 15.4 Å². The fourth-order valence-electron chi connectivity index (χ4n) is 2.36. The summed E-state index contributed by atoms with van der Waals surface area (Å²) in [5.74, 6) is 0.155. The van der Waals surface area contributed by atoms with Crippen LogP contribution >= 0.6 is 31.9 Å². The molecule has 0 N–H and O–H groups in total. The molecule has 1 aromatic carbocycles. The molecule has 0 aliphatic heterocycles. The number of anilines is 1. The molecule has 1 aromatic heterocycles. The summed E-state index contributed by atoms with van der Waals surface area (Å²) in [6.45, 7) is 10.4. The van der Waals surface area contributed by atoms with E-state index in [4.69, 9.17) is 9.47 Å². The fourth-order valence-corrected chi connectivity index (χ4v) is 3.14. The van der Waals surface area contributed by atoms with E-state index >= 15 is 0 Å². The van der Waals surface area contributed by atoms with Crippen LogP contribution < -0.4 is 4.90 Å². The second-order valence-electron chi connectivity index (χ2n) is 8.24. The second-order valence-corrected chi connectivity index (χ2v) is 9.65. The van der Waals surface area contributed by atoms with Crippen molar-refractivity contribution in [2.24, 2.45) is 0 Å². The van der Waals surface area contributed by atoms with Gasteiger partial charge in [0.15, 0.2) is 5.82 Å². The Kier molecular flexibility index (Phi) is 6.76. The van der Waals surface area contributed by atoms with Crippen LogP contribution in [0, 0.1) is 0 Å². The third-order valence-corrected chi connectivity index (χ3v) is 4.68. The Morgan fingerprint density at radius 1 is 1.00 bits per heavy atom. The number of nitrogens with zero attached hydrogens (tertiary/aromatic N) is 2. The second kappa shape index (κ2) is 8.37. The first-order valence-corrected chi connectivity index (χ1v) is 10.6. The van der Waals surface area contributed by atoms with Crippen molar-refractivity contribution in [1.29, 1.82) is 0 Å². The Bertz CT molecular complexity index is 873. The molecular weight excluding hydrogens is 492 g/mol. The van der Waals surface area contributed by atoms with E-state index in [2.05, 4.69) is 36.8 Å². The maximum Gasteiger partial charge on any atom is 0.425 e. The van der Waals surface area contributed by atoms with Crippen LogP contribution in [-0.2, 0) is 14.8 Å². The molecule has 28 heavy (non-hydrogen) atoms. The molecule has 0 unspecified atom stereocenters. The highest BCUT2D eigenvalue weighted by Gasteiger charge is 2.34. The molecular formula is C20H24Br2N2O4. The molecule has 0 atom stereocenters. The molecule has 0 aliphatic rings. The minimum Gasteiger partial charge on any atom is -0.443 e. The summed E-state index contributed by atoms with van der Waals surface area (Å²) in [6.07, 6.45) is -0.137. The fraction of sp³-hybridized carbons (Fsp3) is 0.450. The summed E-state index contributed by atoms with van der Waals surface area (Å²) in [5, 5.41) is 2.12. The maximum atomic E-state index is 12.9. The monoisotopic (exact) mass is 514 g/mol. The zero-order valence-electron chi connectivity index (χ0n) is 16.8. The lowest BCUT2D eigenvalue weighted by atomic mass is 10.1. The first-order valence-electron chi connectivity index (χ1n) is 8.71. The van der Waals surface area contributed by atoms with Gasteiger partial charge < -0.3 is 9.47 Å². The van der Waals surface area contributed by atoms with Gasteiger partial charge in [-0.05, 0) is 69.1 Å². The van der Waals surface area contributed by atoms with Crippen LogP contribution in [0.3, 0.4) is 0 Å². The lowest BCUT2D eigenvalue weighted by molar-refractivity contribution is 0.0429. The number of hydrogen-bond acceptors (Lipinski definition) is 5. The quantitative estimate of drug-likeness (QED) is 0.423. The number of carbonyl (C=O) groups is 2. The molecule has 0 radical (unpaired) electrons. The van der Waals surface area contributed by atoms with Gasteiger partial charge in [-0.2, -0.15) is 4.90 Å². The summed E-state index contributed by atoms with van der Waals surface area (Å²) in [5.41, 5.74) is -0.525. The van der Waals surface area contributed by atoms with E-state index in [1.807, 2.05) is 18.2 Å². The van der Waals surface area contributed by atoms with Gasteiger partial charge in [-0.1, -0.05) is 28.1 Å². The number of alkyl halides is 1. The van der Waals surface area contributed by atoms with Gasteiger partial charge in [0.1, 0.15) is 11.2 Å². The highest BCUT2D eigenvalue weighted by molar-refractivity contribution is 9.10. The summed E-state index contributed by atoms with van der Waals surface area (Å²) in [6, 6.07) is 5.68. The van der Waals surface area contributed by atoms with E-state index in [0.717, 1.165) is 20.3 Å². The number of pyridine rings is 1. The van der Waals surface area contributed by atoms with Gasteiger partial charge in [0.2, 0.25) is 0 Å². The van der Waals surface area contributed by atoms with Gasteiger partial charge in [-0.15, -0.1) is 0 Å². The molecule has 0 fully saturated rings. The summed E-state index contributed by atoms with van der Waals surface area (Å²) >= 11 is 6.92. The van der Waals surface area contributed by atoms with Crippen molar-refractivity contribution < 1.29 is 19.1 Å². The van der Waals surface area contributed by atoms with Crippen LogP contribution in [-0.4, -0.2) is 28.4 Å². The summed E-state index contributed by atoms with van der Waals surface area (Å²) in [4.78, 5) is 30.9. The van der Waals surface area contributed by atoms with Crippen LogP contribution in [0.15, 0.2) is 28.9 Å². The van der Waals surface area contributed by atoms with Crippen molar-refractivity contribution in [2.75, 3.05) is 4.90 Å². The Morgan fingerprint density at radius 3 is 2.00 bits per heavy atom. The molecule has 2 aromatic rings. The number of amides is 2. The normalized spacial score (nSPS) is 12.0. The number of rotatable bonds is 2. The van der Waals surface area contributed by atoms with Crippen LogP contribution in [0.1, 0.15) is 47.1 Å². The lowest BCUT2D eigenvalue weighted by Gasteiger charge is -2.28. The molecule has 2 rings (SSSR count). The minimum atomic E-state index is -0.845. The van der Waals surface area contributed by atoms with Gasteiger partial charge >= 0.3 is 12.2 Å². The standard InChI is InChI=1S/C20H24Br2N2O4/c1-19(2,3)27-17(25)24(18(26)28-20(4,5)6)16-13-8-7-12(10-21)9-14(13)15(22)11-23-16/h7-9,11H,10H2,1-6H3. The third kappa shape index (κ3) is 5.67. The molecule has 0 saturated carbocycles. The number of ether oxygens (including phenoxy) is 2. The van der Waals surface area contributed by atoms with E-state index < -0.39 is 23.4 Å². The first kappa shape index (κ1) is 22.6. The van der Waals surface area contributed by atoms with Gasteiger partial charge in [-0.3, -0.25) is 0 Å². The highest BCUT2D eigenvalue weighted by atomic mass is 79.9. The summed E-state index contributed by atoms with van der Waals surface area (Å²) in [7, 11) is 0. The van der Waals surface area contributed by atoms with Crippen molar-refractivity contribution in [3.05, 3.63) is 34.4 Å². The van der Waals surface area contributed by atoms with Crippen LogP contribution in [0.5, 0.6) is 0 Å². The molecule has 8 heteroatoms. The summed E-state index contributed by atoms with van der Waals surface area (Å²) < 4.78 is 11.6. The lowest BCUT2D eigenvalue weighted by Crippen LogP contribution is -2.44. The number of hydrogen-bond donors (Lipinski definition) is 0. The number of imide groups is 1. The molecule has 1 heterocycles. The van der Waals surface area contributed by atoms with Gasteiger partial charge in [0, 0.05) is 26.8 Å². The Balaban J connectivity index is 2.64. The Hall–Kier alpha value is -1.67.